The Balaban J connectivity index is 1.64. The molecule has 1 unspecified atom stereocenters. The Morgan fingerprint density at radius 2 is 1.76 bits per heavy atom. The van der Waals surface area contributed by atoms with Gasteiger partial charge in [-0.3, -0.25) is 0 Å². The van der Waals surface area contributed by atoms with Crippen LogP contribution in [0.4, 0.5) is 0 Å². The highest BCUT2D eigenvalue weighted by Gasteiger charge is 2.11. The van der Waals surface area contributed by atoms with Gasteiger partial charge in [-0.15, -0.1) is 0 Å². The fraction of sp³-hybridized carbons (Fsp3) is 0.333. The van der Waals surface area contributed by atoms with Gasteiger partial charge < -0.3 is 14.8 Å². The van der Waals surface area contributed by atoms with Gasteiger partial charge in [-0.2, -0.15) is 0 Å². The number of benzene rings is 2. The Morgan fingerprint density at radius 3 is 2.57 bits per heavy atom. The second-order valence-corrected chi connectivity index (χ2v) is 5.34. The first-order valence-corrected chi connectivity index (χ1v) is 7.50. The summed E-state index contributed by atoms with van der Waals surface area (Å²) in [6.45, 7) is 4.45. The van der Waals surface area contributed by atoms with Crippen molar-refractivity contribution in [3.05, 3.63) is 59.7 Å². The van der Waals surface area contributed by atoms with E-state index in [1.165, 1.54) is 11.1 Å². The zero-order valence-electron chi connectivity index (χ0n) is 12.3. The molecule has 3 heteroatoms. The van der Waals surface area contributed by atoms with Crippen molar-refractivity contribution in [2.24, 2.45) is 0 Å². The third-order valence-electron chi connectivity index (χ3n) is 3.72. The minimum Gasteiger partial charge on any atom is -0.490 e. The summed E-state index contributed by atoms with van der Waals surface area (Å²) in [4.78, 5) is 0. The summed E-state index contributed by atoms with van der Waals surface area (Å²) >= 11 is 0. The van der Waals surface area contributed by atoms with Crippen LogP contribution in [-0.4, -0.2) is 13.2 Å². The van der Waals surface area contributed by atoms with E-state index in [-0.39, 0.29) is 0 Å². The second-order valence-electron chi connectivity index (χ2n) is 5.34. The number of ether oxygens (including phenoxy) is 2. The van der Waals surface area contributed by atoms with E-state index in [1.54, 1.807) is 0 Å². The Hall–Kier alpha value is -2.00. The fourth-order valence-corrected chi connectivity index (χ4v) is 2.45. The lowest BCUT2D eigenvalue weighted by Crippen LogP contribution is -2.18. The maximum atomic E-state index is 5.73. The number of hydrogen-bond donors (Lipinski definition) is 1. The van der Waals surface area contributed by atoms with E-state index < -0.39 is 0 Å². The molecule has 0 spiro atoms. The maximum Gasteiger partial charge on any atom is 0.161 e. The van der Waals surface area contributed by atoms with Gasteiger partial charge >= 0.3 is 0 Å². The minimum atomic E-state index is 0.321. The lowest BCUT2D eigenvalue weighted by molar-refractivity contribution is 0.297. The normalized spacial score (nSPS) is 15.3. The molecule has 2 aromatic rings. The van der Waals surface area contributed by atoms with Gasteiger partial charge in [0.2, 0.25) is 0 Å². The molecule has 0 radical (unpaired) electrons. The highest BCUT2D eigenvalue weighted by Crippen LogP contribution is 2.30. The predicted molar refractivity (Wildman–Crippen MR) is 83.7 cm³/mol. The number of nitrogens with one attached hydrogen (secondary N) is 1. The van der Waals surface area contributed by atoms with E-state index in [0.29, 0.717) is 6.04 Å². The summed E-state index contributed by atoms with van der Waals surface area (Å²) in [5.74, 6) is 1.71. The van der Waals surface area contributed by atoms with Crippen molar-refractivity contribution in [3.8, 4) is 11.5 Å². The molecule has 1 heterocycles. The molecule has 0 amide bonds. The summed E-state index contributed by atoms with van der Waals surface area (Å²) in [7, 11) is 0. The third kappa shape index (κ3) is 3.56. The molecule has 0 aromatic heterocycles. The standard InChI is InChI=1S/C18H21NO2/c1-14(16-6-3-2-4-7-16)19-13-15-8-9-17-18(12-15)21-11-5-10-20-17/h2-4,6-9,12,14,19H,5,10-11,13H2,1H3. The molecule has 2 aromatic carbocycles. The molecule has 0 fully saturated rings. The molecule has 0 saturated carbocycles. The SMILES string of the molecule is CC(NCc1ccc2c(c1)OCCCO2)c1ccccc1. The Labute approximate surface area is 125 Å². The van der Waals surface area contributed by atoms with Crippen molar-refractivity contribution < 1.29 is 9.47 Å². The van der Waals surface area contributed by atoms with Crippen LogP contribution in [0.3, 0.4) is 0 Å². The Bertz CT molecular complexity index is 583. The van der Waals surface area contributed by atoms with Gasteiger partial charge in [0.1, 0.15) is 0 Å². The van der Waals surface area contributed by atoms with E-state index in [1.807, 2.05) is 12.1 Å². The summed E-state index contributed by atoms with van der Waals surface area (Å²) < 4.78 is 11.4. The van der Waals surface area contributed by atoms with Gasteiger partial charge in [-0.1, -0.05) is 36.4 Å². The second kappa shape index (κ2) is 6.64. The van der Waals surface area contributed by atoms with Crippen molar-refractivity contribution in [1.82, 2.24) is 5.32 Å². The molecular formula is C18H21NO2. The lowest BCUT2D eigenvalue weighted by Gasteiger charge is -2.15. The predicted octanol–water partition coefficient (Wildman–Crippen LogP) is 3.70. The van der Waals surface area contributed by atoms with E-state index in [4.69, 9.17) is 9.47 Å². The van der Waals surface area contributed by atoms with Crippen molar-refractivity contribution in [2.75, 3.05) is 13.2 Å². The average Bonchev–Trinajstić information content (AvgIpc) is 2.78. The number of hydrogen-bond acceptors (Lipinski definition) is 3. The zero-order valence-corrected chi connectivity index (χ0v) is 12.3. The molecule has 3 nitrogen and oxygen atoms in total. The Kier molecular flexibility index (Phi) is 4.41. The molecule has 3 rings (SSSR count). The maximum absolute atomic E-state index is 5.73. The summed E-state index contributed by atoms with van der Waals surface area (Å²) in [6.07, 6.45) is 0.938. The fourth-order valence-electron chi connectivity index (χ4n) is 2.45. The molecule has 1 aliphatic rings. The third-order valence-corrected chi connectivity index (χ3v) is 3.72. The lowest BCUT2D eigenvalue weighted by atomic mass is 10.1. The van der Waals surface area contributed by atoms with Gasteiger partial charge in [-0.05, 0) is 30.2 Å². The van der Waals surface area contributed by atoms with Crippen LogP contribution in [0.5, 0.6) is 11.5 Å². The van der Waals surface area contributed by atoms with Crippen LogP contribution in [0.2, 0.25) is 0 Å². The molecule has 1 N–H and O–H groups in total. The monoisotopic (exact) mass is 283 g/mol. The summed E-state index contributed by atoms with van der Waals surface area (Å²) in [6, 6.07) is 17.0. The van der Waals surface area contributed by atoms with Crippen LogP contribution >= 0.6 is 0 Å². The molecule has 21 heavy (non-hydrogen) atoms. The summed E-state index contributed by atoms with van der Waals surface area (Å²) in [5, 5.41) is 3.54. The highest BCUT2D eigenvalue weighted by atomic mass is 16.5. The molecule has 0 saturated heterocycles. The topological polar surface area (TPSA) is 30.5 Å². The van der Waals surface area contributed by atoms with Crippen LogP contribution in [0.1, 0.15) is 30.5 Å². The molecule has 1 atom stereocenters. The highest BCUT2D eigenvalue weighted by molar-refractivity contribution is 5.43. The van der Waals surface area contributed by atoms with Gasteiger partial charge in [0.05, 0.1) is 13.2 Å². The van der Waals surface area contributed by atoms with Gasteiger partial charge in [-0.25, -0.2) is 0 Å². The van der Waals surface area contributed by atoms with E-state index in [2.05, 4.69) is 48.6 Å². The first-order chi connectivity index (χ1) is 10.3. The van der Waals surface area contributed by atoms with Crippen molar-refractivity contribution in [3.63, 3.8) is 0 Å². The quantitative estimate of drug-likeness (QED) is 0.928. The number of fused-ring (bicyclic) bond motifs is 1. The van der Waals surface area contributed by atoms with Crippen molar-refractivity contribution in [2.45, 2.75) is 25.9 Å². The van der Waals surface area contributed by atoms with Gasteiger partial charge in [0.25, 0.3) is 0 Å². The van der Waals surface area contributed by atoms with E-state index >= 15 is 0 Å². The van der Waals surface area contributed by atoms with E-state index in [0.717, 1.165) is 37.7 Å². The number of rotatable bonds is 4. The van der Waals surface area contributed by atoms with Crippen LogP contribution in [-0.2, 0) is 6.54 Å². The van der Waals surface area contributed by atoms with Gasteiger partial charge in [0.15, 0.2) is 11.5 Å². The first-order valence-electron chi connectivity index (χ1n) is 7.50. The molecule has 1 aliphatic heterocycles. The first kappa shape index (κ1) is 14.0. The summed E-state index contributed by atoms with van der Waals surface area (Å²) in [5.41, 5.74) is 2.51. The largest absolute Gasteiger partial charge is 0.490 e. The molecule has 0 aliphatic carbocycles. The van der Waals surface area contributed by atoms with Crippen molar-refractivity contribution >= 4 is 0 Å². The average molecular weight is 283 g/mol. The van der Waals surface area contributed by atoms with Crippen LogP contribution in [0.15, 0.2) is 48.5 Å². The van der Waals surface area contributed by atoms with Crippen LogP contribution in [0, 0.1) is 0 Å². The smallest absolute Gasteiger partial charge is 0.161 e. The molecular weight excluding hydrogens is 262 g/mol. The van der Waals surface area contributed by atoms with Crippen molar-refractivity contribution in [1.29, 1.82) is 0 Å². The van der Waals surface area contributed by atoms with Crippen LogP contribution < -0.4 is 14.8 Å². The minimum absolute atomic E-state index is 0.321. The van der Waals surface area contributed by atoms with Crippen LogP contribution in [0.25, 0.3) is 0 Å². The molecule has 0 bridgehead atoms. The zero-order chi connectivity index (χ0) is 14.5. The van der Waals surface area contributed by atoms with E-state index in [9.17, 15) is 0 Å². The van der Waals surface area contributed by atoms with Gasteiger partial charge in [0, 0.05) is 19.0 Å². The Morgan fingerprint density at radius 1 is 1.00 bits per heavy atom. The molecule has 110 valence electrons.